The second-order valence-corrected chi connectivity index (χ2v) is 10.8. The minimum atomic E-state index is -3.15. The van der Waals surface area contributed by atoms with Crippen molar-refractivity contribution >= 4 is 32.7 Å². The number of hydrogen-bond acceptors (Lipinski definition) is 8. The molecule has 33 heavy (non-hydrogen) atoms. The van der Waals surface area contributed by atoms with E-state index in [4.69, 9.17) is 13.9 Å². The van der Waals surface area contributed by atoms with E-state index in [-0.39, 0.29) is 29.5 Å². The maximum absolute atomic E-state index is 13.0. The highest BCUT2D eigenvalue weighted by molar-refractivity contribution is 7.91. The van der Waals surface area contributed by atoms with Gasteiger partial charge in [0, 0.05) is 29.6 Å². The van der Waals surface area contributed by atoms with Crippen LogP contribution in [0.5, 0.6) is 5.75 Å². The zero-order valence-electron chi connectivity index (χ0n) is 18.2. The summed E-state index contributed by atoms with van der Waals surface area (Å²) in [6.45, 7) is -0.876. The molecule has 1 aliphatic heterocycles. The number of ether oxygens (including phenoxy) is 2. The maximum Gasteiger partial charge on any atom is 0.344 e. The highest BCUT2D eigenvalue weighted by Gasteiger charge is 2.38. The molecule has 1 saturated heterocycles. The van der Waals surface area contributed by atoms with Crippen molar-refractivity contribution in [3.63, 3.8) is 0 Å². The largest absolute Gasteiger partial charge is 0.482 e. The van der Waals surface area contributed by atoms with Crippen LogP contribution < -0.4 is 10.4 Å². The van der Waals surface area contributed by atoms with Crippen molar-refractivity contribution in [1.29, 1.82) is 0 Å². The van der Waals surface area contributed by atoms with Crippen LogP contribution in [-0.2, 0) is 24.2 Å². The number of esters is 1. The van der Waals surface area contributed by atoms with Crippen LogP contribution in [-0.4, -0.2) is 62.0 Å². The number of benzene rings is 1. The molecule has 0 spiro atoms. The molecular formula is C23H27NO8S. The van der Waals surface area contributed by atoms with E-state index in [0.717, 1.165) is 32.1 Å². The van der Waals surface area contributed by atoms with Crippen LogP contribution in [0.15, 0.2) is 39.5 Å². The summed E-state index contributed by atoms with van der Waals surface area (Å²) in [4.78, 5) is 38.2. The maximum atomic E-state index is 13.0. The Morgan fingerprint density at radius 2 is 1.76 bits per heavy atom. The Bertz CT molecular complexity index is 1180. The molecule has 178 valence electrons. The third-order valence-electron chi connectivity index (χ3n) is 6.17. The molecule has 0 bridgehead atoms. The first-order valence-corrected chi connectivity index (χ1v) is 13.0. The van der Waals surface area contributed by atoms with Crippen LogP contribution >= 0.6 is 0 Å². The Balaban J connectivity index is 1.33. The average Bonchev–Trinajstić information content (AvgIpc) is 3.15. The lowest BCUT2D eigenvalue weighted by Crippen LogP contribution is -2.50. The molecule has 0 radical (unpaired) electrons. The van der Waals surface area contributed by atoms with Gasteiger partial charge in [-0.2, -0.15) is 0 Å². The topological polar surface area (TPSA) is 120 Å². The predicted octanol–water partition coefficient (Wildman–Crippen LogP) is 2.06. The summed E-state index contributed by atoms with van der Waals surface area (Å²) in [5.74, 6) is -0.733. The molecule has 2 aliphatic rings. The first-order valence-electron chi connectivity index (χ1n) is 11.1. The van der Waals surface area contributed by atoms with E-state index in [1.54, 1.807) is 23.1 Å². The van der Waals surface area contributed by atoms with Crippen LogP contribution in [0.2, 0.25) is 0 Å². The summed E-state index contributed by atoms with van der Waals surface area (Å²) < 4.78 is 39.6. The average molecular weight is 478 g/mol. The van der Waals surface area contributed by atoms with Crippen molar-refractivity contribution in [2.24, 2.45) is 0 Å². The van der Waals surface area contributed by atoms with Gasteiger partial charge < -0.3 is 18.8 Å². The van der Waals surface area contributed by atoms with Crippen LogP contribution in [0.1, 0.15) is 38.5 Å². The van der Waals surface area contributed by atoms with Gasteiger partial charge in [-0.3, -0.25) is 4.79 Å². The SMILES string of the molecule is O=C(COc1ccc2ccc(=O)oc2c1)OCC(=O)N(C1CCCCC1)C1CCS(=O)(=O)C1. The number of amides is 1. The van der Waals surface area contributed by atoms with E-state index in [2.05, 4.69) is 0 Å². The predicted molar refractivity (Wildman–Crippen MR) is 120 cm³/mol. The van der Waals surface area contributed by atoms with E-state index < -0.39 is 34.6 Å². The molecule has 1 saturated carbocycles. The summed E-state index contributed by atoms with van der Waals surface area (Å²) in [5.41, 5.74) is -0.159. The van der Waals surface area contributed by atoms with E-state index in [1.807, 2.05) is 0 Å². The molecule has 1 aliphatic carbocycles. The van der Waals surface area contributed by atoms with Gasteiger partial charge in [0.15, 0.2) is 23.1 Å². The van der Waals surface area contributed by atoms with E-state index in [1.165, 1.54) is 12.1 Å². The first-order chi connectivity index (χ1) is 15.8. The molecule has 1 amide bonds. The number of fused-ring (bicyclic) bond motifs is 1. The lowest BCUT2D eigenvalue weighted by molar-refractivity contribution is -0.155. The molecule has 0 N–H and O–H groups in total. The number of carbonyl (C=O) groups is 2. The fourth-order valence-corrected chi connectivity index (χ4v) is 6.30. The van der Waals surface area contributed by atoms with Gasteiger partial charge in [-0.15, -0.1) is 0 Å². The molecular weight excluding hydrogens is 450 g/mol. The fourth-order valence-electron chi connectivity index (χ4n) is 4.59. The second kappa shape index (κ2) is 9.94. The van der Waals surface area contributed by atoms with Crippen molar-refractivity contribution in [2.45, 2.75) is 50.6 Å². The highest BCUT2D eigenvalue weighted by Crippen LogP contribution is 2.28. The summed E-state index contributed by atoms with van der Waals surface area (Å²) >= 11 is 0. The zero-order chi connectivity index (χ0) is 23.4. The molecule has 2 fully saturated rings. The summed E-state index contributed by atoms with van der Waals surface area (Å²) in [7, 11) is -3.15. The lowest BCUT2D eigenvalue weighted by atomic mass is 9.93. The van der Waals surface area contributed by atoms with Gasteiger partial charge in [0.05, 0.1) is 11.5 Å². The third kappa shape index (κ3) is 5.93. The second-order valence-electron chi connectivity index (χ2n) is 8.55. The Kier molecular flexibility index (Phi) is 7.02. The Labute approximate surface area is 191 Å². The number of rotatable bonds is 7. The van der Waals surface area contributed by atoms with Crippen LogP contribution in [0, 0.1) is 0 Å². The monoisotopic (exact) mass is 477 g/mol. The molecule has 1 unspecified atom stereocenters. The lowest BCUT2D eigenvalue weighted by Gasteiger charge is -2.38. The van der Waals surface area contributed by atoms with Gasteiger partial charge in [-0.25, -0.2) is 18.0 Å². The summed E-state index contributed by atoms with van der Waals surface area (Å²) in [6.07, 6.45) is 5.17. The van der Waals surface area contributed by atoms with E-state index >= 15 is 0 Å². The van der Waals surface area contributed by atoms with Crippen molar-refractivity contribution < 1.29 is 31.9 Å². The van der Waals surface area contributed by atoms with Crippen molar-refractivity contribution in [3.8, 4) is 5.75 Å². The molecule has 10 heteroatoms. The van der Waals surface area contributed by atoms with Gasteiger partial charge >= 0.3 is 11.6 Å². The third-order valence-corrected chi connectivity index (χ3v) is 7.92. The number of nitrogens with zero attached hydrogens (tertiary/aromatic N) is 1. The van der Waals surface area contributed by atoms with Crippen LogP contribution in [0.25, 0.3) is 11.0 Å². The molecule has 1 aromatic heterocycles. The molecule has 4 rings (SSSR count). The molecule has 2 heterocycles. The smallest absolute Gasteiger partial charge is 0.344 e. The minimum absolute atomic E-state index is 0.0215. The van der Waals surface area contributed by atoms with Gasteiger partial charge in [0.25, 0.3) is 5.91 Å². The Morgan fingerprint density at radius 1 is 1.00 bits per heavy atom. The number of carbonyl (C=O) groups excluding carboxylic acids is 2. The summed E-state index contributed by atoms with van der Waals surface area (Å²) in [6, 6.07) is 7.37. The molecule has 9 nitrogen and oxygen atoms in total. The Morgan fingerprint density at radius 3 is 2.48 bits per heavy atom. The standard InChI is InChI=1S/C23H27NO8S/c25-21(24(17-4-2-1-3-5-17)18-10-11-33(28,29)15-18)13-31-23(27)14-30-19-8-6-16-7-9-22(26)32-20(16)12-19/h6-9,12,17-18H,1-5,10-11,13-15H2. The summed E-state index contributed by atoms with van der Waals surface area (Å²) in [5, 5.41) is 0.715. The highest BCUT2D eigenvalue weighted by atomic mass is 32.2. The zero-order valence-corrected chi connectivity index (χ0v) is 19.1. The normalized spacial score (nSPS) is 20.4. The van der Waals surface area contributed by atoms with Crippen molar-refractivity contribution in [2.75, 3.05) is 24.7 Å². The minimum Gasteiger partial charge on any atom is -0.482 e. The van der Waals surface area contributed by atoms with Crippen molar-refractivity contribution in [1.82, 2.24) is 4.90 Å². The van der Waals surface area contributed by atoms with Crippen LogP contribution in [0.3, 0.4) is 0 Å². The van der Waals surface area contributed by atoms with Gasteiger partial charge in [0.1, 0.15) is 11.3 Å². The van der Waals surface area contributed by atoms with Crippen molar-refractivity contribution in [3.05, 3.63) is 40.8 Å². The van der Waals surface area contributed by atoms with E-state index in [9.17, 15) is 22.8 Å². The van der Waals surface area contributed by atoms with Gasteiger partial charge in [-0.05, 0) is 37.5 Å². The van der Waals surface area contributed by atoms with Gasteiger partial charge in [0.2, 0.25) is 0 Å². The van der Waals surface area contributed by atoms with Crippen LogP contribution in [0.4, 0.5) is 0 Å². The van der Waals surface area contributed by atoms with E-state index in [0.29, 0.717) is 23.1 Å². The molecule has 1 aromatic carbocycles. The molecule has 2 aromatic rings. The fraction of sp³-hybridized carbons (Fsp3) is 0.522. The van der Waals surface area contributed by atoms with Gasteiger partial charge in [-0.1, -0.05) is 19.3 Å². The number of hydrogen-bond donors (Lipinski definition) is 0. The Hall–Kier alpha value is -2.88. The molecule has 1 atom stereocenters. The first kappa shape index (κ1) is 23.3. The quantitative estimate of drug-likeness (QED) is 0.439. The number of sulfone groups is 1.